The highest BCUT2D eigenvalue weighted by molar-refractivity contribution is 9.10. The summed E-state index contributed by atoms with van der Waals surface area (Å²) in [5.74, 6) is 0.909. The topological polar surface area (TPSA) is 34.2 Å². The van der Waals surface area contributed by atoms with E-state index in [0.717, 1.165) is 22.3 Å². The molecule has 1 atom stereocenters. The molecule has 3 nitrogen and oxygen atoms in total. The Bertz CT molecular complexity index is 569. The van der Waals surface area contributed by atoms with Crippen LogP contribution in [0.15, 0.2) is 47.1 Å². The number of aromatic nitrogens is 1. The first-order chi connectivity index (χ1) is 10.1. The van der Waals surface area contributed by atoms with Gasteiger partial charge in [0.2, 0.25) is 0 Å². The van der Waals surface area contributed by atoms with Crippen LogP contribution in [0, 0.1) is 0 Å². The summed E-state index contributed by atoms with van der Waals surface area (Å²) >= 11 is 3.41. The molecule has 2 rings (SSSR count). The van der Waals surface area contributed by atoms with E-state index in [0.29, 0.717) is 0 Å². The molecule has 1 heterocycles. The first-order valence-corrected chi connectivity index (χ1v) is 7.92. The van der Waals surface area contributed by atoms with Crippen molar-refractivity contribution in [2.45, 2.75) is 32.4 Å². The van der Waals surface area contributed by atoms with Crippen LogP contribution in [0.5, 0.6) is 5.75 Å². The van der Waals surface area contributed by atoms with Gasteiger partial charge in [-0.1, -0.05) is 12.1 Å². The number of rotatable bonds is 6. The summed E-state index contributed by atoms with van der Waals surface area (Å²) in [6.45, 7) is 4.07. The normalized spacial score (nSPS) is 12.4. The van der Waals surface area contributed by atoms with Crippen LogP contribution >= 0.6 is 15.9 Å². The minimum absolute atomic E-state index is 0.182. The Balaban J connectivity index is 2.15. The van der Waals surface area contributed by atoms with Crippen LogP contribution in [-0.2, 0) is 6.42 Å². The molecule has 112 valence electrons. The van der Waals surface area contributed by atoms with Crippen molar-refractivity contribution in [2.24, 2.45) is 0 Å². The third-order valence-corrected chi connectivity index (χ3v) is 3.65. The number of pyridine rings is 1. The Morgan fingerprint density at radius 3 is 2.67 bits per heavy atom. The maximum absolute atomic E-state index is 5.77. The van der Waals surface area contributed by atoms with Crippen LogP contribution in [0.3, 0.4) is 0 Å². The maximum Gasteiger partial charge on any atom is 0.120 e. The van der Waals surface area contributed by atoms with Gasteiger partial charge in [0.1, 0.15) is 5.75 Å². The zero-order chi connectivity index (χ0) is 15.2. The van der Waals surface area contributed by atoms with Gasteiger partial charge in [0.15, 0.2) is 0 Å². The number of nitrogens with one attached hydrogen (secondary N) is 1. The van der Waals surface area contributed by atoms with Gasteiger partial charge in [0.25, 0.3) is 0 Å². The van der Waals surface area contributed by atoms with Gasteiger partial charge in [0.05, 0.1) is 6.10 Å². The molecule has 21 heavy (non-hydrogen) atoms. The molecule has 0 amide bonds. The molecule has 0 fully saturated rings. The lowest BCUT2D eigenvalue weighted by Gasteiger charge is -2.18. The van der Waals surface area contributed by atoms with Gasteiger partial charge in [-0.3, -0.25) is 4.98 Å². The molecule has 0 bridgehead atoms. The van der Waals surface area contributed by atoms with Gasteiger partial charge in [-0.25, -0.2) is 0 Å². The summed E-state index contributed by atoms with van der Waals surface area (Å²) in [6.07, 6.45) is 2.86. The van der Waals surface area contributed by atoms with E-state index < -0.39 is 0 Å². The number of hydrogen-bond acceptors (Lipinski definition) is 3. The Kier molecular flexibility index (Phi) is 5.76. The van der Waals surface area contributed by atoms with Crippen LogP contribution < -0.4 is 10.1 Å². The first-order valence-electron chi connectivity index (χ1n) is 7.13. The summed E-state index contributed by atoms with van der Waals surface area (Å²) in [4.78, 5) is 4.44. The van der Waals surface area contributed by atoms with Crippen LogP contribution in [-0.4, -0.2) is 18.1 Å². The lowest BCUT2D eigenvalue weighted by Crippen LogP contribution is -2.19. The van der Waals surface area contributed by atoms with E-state index in [9.17, 15) is 0 Å². The predicted octanol–water partition coefficient (Wildman–Crippen LogP) is 4.13. The lowest BCUT2D eigenvalue weighted by molar-refractivity contribution is 0.242. The van der Waals surface area contributed by atoms with Crippen LogP contribution in [0.4, 0.5) is 0 Å². The average Bonchev–Trinajstić information content (AvgIpc) is 2.46. The van der Waals surface area contributed by atoms with Crippen LogP contribution in [0.2, 0.25) is 0 Å². The number of halogens is 1. The highest BCUT2D eigenvalue weighted by Gasteiger charge is 2.12. The molecule has 0 aliphatic heterocycles. The van der Waals surface area contributed by atoms with Crippen molar-refractivity contribution < 1.29 is 4.74 Å². The van der Waals surface area contributed by atoms with E-state index in [1.165, 1.54) is 5.56 Å². The Hall–Kier alpha value is -1.39. The first kappa shape index (κ1) is 16.0. The summed E-state index contributed by atoms with van der Waals surface area (Å²) in [5.41, 5.74) is 2.27. The predicted molar refractivity (Wildman–Crippen MR) is 89.6 cm³/mol. The monoisotopic (exact) mass is 348 g/mol. The Labute approximate surface area is 134 Å². The van der Waals surface area contributed by atoms with E-state index in [-0.39, 0.29) is 12.1 Å². The van der Waals surface area contributed by atoms with Crippen molar-refractivity contribution in [3.8, 4) is 5.75 Å². The van der Waals surface area contributed by atoms with Crippen molar-refractivity contribution in [2.75, 3.05) is 7.05 Å². The van der Waals surface area contributed by atoms with E-state index >= 15 is 0 Å². The Morgan fingerprint density at radius 1 is 1.24 bits per heavy atom. The molecule has 1 unspecified atom stereocenters. The largest absolute Gasteiger partial charge is 0.491 e. The number of nitrogens with zero attached hydrogens (tertiary/aromatic N) is 1. The fourth-order valence-electron chi connectivity index (χ4n) is 2.20. The third-order valence-electron chi connectivity index (χ3n) is 3.18. The highest BCUT2D eigenvalue weighted by Crippen LogP contribution is 2.23. The molecule has 0 saturated heterocycles. The molecule has 1 aromatic carbocycles. The zero-order valence-corrected chi connectivity index (χ0v) is 14.2. The molecule has 2 aromatic rings. The molecule has 0 saturated carbocycles. The minimum atomic E-state index is 0.182. The van der Waals surface area contributed by atoms with E-state index in [4.69, 9.17) is 4.74 Å². The van der Waals surface area contributed by atoms with Gasteiger partial charge < -0.3 is 10.1 Å². The molecule has 1 aromatic heterocycles. The van der Waals surface area contributed by atoms with Crippen molar-refractivity contribution >= 4 is 15.9 Å². The second-order valence-electron chi connectivity index (χ2n) is 5.25. The lowest BCUT2D eigenvalue weighted by atomic mass is 10.0. The maximum atomic E-state index is 5.77. The fraction of sp³-hybridized carbons (Fsp3) is 0.353. The van der Waals surface area contributed by atoms with Gasteiger partial charge in [-0.15, -0.1) is 0 Å². The van der Waals surface area contributed by atoms with Gasteiger partial charge >= 0.3 is 0 Å². The summed E-state index contributed by atoms with van der Waals surface area (Å²) in [6, 6.07) is 12.5. The third kappa shape index (κ3) is 4.83. The zero-order valence-electron chi connectivity index (χ0n) is 12.6. The standard InChI is InChI=1S/C17H21BrN2O/c1-12(2)21-16-6-4-5-13(9-16)17(19-3)10-15-8-7-14(18)11-20-15/h4-9,11-12,17,19H,10H2,1-3H3. The number of hydrogen-bond donors (Lipinski definition) is 1. The van der Waals surface area contributed by atoms with Crippen molar-refractivity contribution in [1.29, 1.82) is 0 Å². The van der Waals surface area contributed by atoms with Crippen molar-refractivity contribution in [3.63, 3.8) is 0 Å². The van der Waals surface area contributed by atoms with Crippen molar-refractivity contribution in [1.82, 2.24) is 10.3 Å². The van der Waals surface area contributed by atoms with Crippen molar-refractivity contribution in [3.05, 3.63) is 58.3 Å². The van der Waals surface area contributed by atoms with E-state index in [1.807, 2.05) is 51.4 Å². The highest BCUT2D eigenvalue weighted by atomic mass is 79.9. The quantitative estimate of drug-likeness (QED) is 0.851. The SMILES string of the molecule is CNC(Cc1ccc(Br)cn1)c1cccc(OC(C)C)c1. The Morgan fingerprint density at radius 2 is 2.05 bits per heavy atom. The number of likely N-dealkylation sites (N-methyl/N-ethyl adjacent to an activating group) is 1. The average molecular weight is 349 g/mol. The summed E-state index contributed by atoms with van der Waals surface area (Å²) in [5, 5.41) is 3.35. The van der Waals surface area contributed by atoms with Crippen LogP contribution in [0.1, 0.15) is 31.1 Å². The second kappa shape index (κ2) is 7.57. The molecule has 1 N–H and O–H groups in total. The fourth-order valence-corrected chi connectivity index (χ4v) is 2.43. The molecular weight excluding hydrogens is 328 g/mol. The van der Waals surface area contributed by atoms with Crippen LogP contribution in [0.25, 0.3) is 0 Å². The molecule has 4 heteroatoms. The smallest absolute Gasteiger partial charge is 0.120 e. The minimum Gasteiger partial charge on any atom is -0.491 e. The van der Waals surface area contributed by atoms with Gasteiger partial charge in [-0.05, 0) is 66.7 Å². The molecule has 0 aliphatic rings. The molecule has 0 spiro atoms. The van der Waals surface area contributed by atoms with Gasteiger partial charge in [-0.2, -0.15) is 0 Å². The van der Waals surface area contributed by atoms with E-state index in [1.54, 1.807) is 0 Å². The second-order valence-corrected chi connectivity index (χ2v) is 6.17. The van der Waals surface area contributed by atoms with Gasteiger partial charge in [0, 0.05) is 28.8 Å². The summed E-state index contributed by atoms with van der Waals surface area (Å²) < 4.78 is 6.77. The number of ether oxygens (including phenoxy) is 1. The number of benzene rings is 1. The summed E-state index contributed by atoms with van der Waals surface area (Å²) in [7, 11) is 1.97. The molecule has 0 aliphatic carbocycles. The molecule has 0 radical (unpaired) electrons. The molecular formula is C17H21BrN2O. The van der Waals surface area contributed by atoms with E-state index in [2.05, 4.69) is 38.4 Å².